The van der Waals surface area contributed by atoms with Crippen molar-refractivity contribution in [3.8, 4) is 17.5 Å². The second kappa shape index (κ2) is 8.39. The monoisotopic (exact) mass is 412 g/mol. The first kappa shape index (κ1) is 19.7. The SMILES string of the molecule is N#Cc1cnn(-c2ccccc2)c1NC(=O)COC(=O)c1ccc2ccccc2c1O. The molecule has 8 nitrogen and oxygen atoms in total. The van der Waals surface area contributed by atoms with Crippen LogP contribution in [0.1, 0.15) is 15.9 Å². The van der Waals surface area contributed by atoms with E-state index < -0.39 is 18.5 Å². The first-order valence-corrected chi connectivity index (χ1v) is 9.29. The lowest BCUT2D eigenvalue weighted by molar-refractivity contribution is -0.119. The minimum absolute atomic E-state index is 0.0430. The van der Waals surface area contributed by atoms with Crippen molar-refractivity contribution < 1.29 is 19.4 Å². The van der Waals surface area contributed by atoms with Crippen LogP contribution >= 0.6 is 0 Å². The van der Waals surface area contributed by atoms with Crippen LogP contribution < -0.4 is 5.32 Å². The van der Waals surface area contributed by atoms with Crippen LogP contribution in [0.2, 0.25) is 0 Å². The molecule has 4 aromatic rings. The van der Waals surface area contributed by atoms with Crippen molar-refractivity contribution in [2.24, 2.45) is 0 Å². The summed E-state index contributed by atoms with van der Waals surface area (Å²) >= 11 is 0. The Morgan fingerprint density at radius 3 is 2.58 bits per heavy atom. The van der Waals surface area contributed by atoms with E-state index in [2.05, 4.69) is 10.4 Å². The smallest absolute Gasteiger partial charge is 0.342 e. The zero-order valence-electron chi connectivity index (χ0n) is 16.1. The molecule has 0 spiro atoms. The number of hydrogen-bond acceptors (Lipinski definition) is 6. The van der Waals surface area contributed by atoms with Crippen LogP contribution in [0.3, 0.4) is 0 Å². The van der Waals surface area contributed by atoms with Crippen LogP contribution in [0.25, 0.3) is 16.5 Å². The summed E-state index contributed by atoms with van der Waals surface area (Å²) in [6.45, 7) is -0.601. The molecule has 0 fully saturated rings. The topological polar surface area (TPSA) is 117 Å². The highest BCUT2D eigenvalue weighted by molar-refractivity contribution is 6.02. The molecule has 1 aromatic heterocycles. The van der Waals surface area contributed by atoms with E-state index in [9.17, 15) is 20.0 Å². The minimum Gasteiger partial charge on any atom is -0.506 e. The average molecular weight is 412 g/mol. The predicted octanol–water partition coefficient (Wildman–Crippen LogP) is 3.40. The van der Waals surface area contributed by atoms with Crippen LogP contribution in [0.4, 0.5) is 5.82 Å². The number of anilines is 1. The maximum Gasteiger partial charge on any atom is 0.342 e. The molecular formula is C23H16N4O4. The summed E-state index contributed by atoms with van der Waals surface area (Å²) in [7, 11) is 0. The van der Waals surface area contributed by atoms with Crippen LogP contribution in [0.15, 0.2) is 72.9 Å². The van der Waals surface area contributed by atoms with Crippen molar-refractivity contribution in [3.05, 3.63) is 84.1 Å². The fourth-order valence-corrected chi connectivity index (χ4v) is 3.11. The van der Waals surface area contributed by atoms with E-state index >= 15 is 0 Å². The Labute approximate surface area is 176 Å². The number of nitriles is 1. The number of amides is 1. The summed E-state index contributed by atoms with van der Waals surface area (Å²) in [5, 5.41) is 27.7. The number of rotatable bonds is 5. The molecule has 1 heterocycles. The number of carbonyl (C=O) groups excluding carboxylic acids is 2. The van der Waals surface area contributed by atoms with Crippen LogP contribution in [0.5, 0.6) is 5.75 Å². The van der Waals surface area contributed by atoms with E-state index in [0.29, 0.717) is 11.1 Å². The molecule has 0 aliphatic heterocycles. The van der Waals surface area contributed by atoms with E-state index in [4.69, 9.17) is 4.74 Å². The number of nitrogens with one attached hydrogen (secondary N) is 1. The zero-order valence-corrected chi connectivity index (χ0v) is 16.1. The van der Waals surface area contributed by atoms with Crippen molar-refractivity contribution in [3.63, 3.8) is 0 Å². The Balaban J connectivity index is 1.48. The molecule has 2 N–H and O–H groups in total. The summed E-state index contributed by atoms with van der Waals surface area (Å²) in [6, 6.07) is 21.1. The molecule has 1 amide bonds. The molecule has 31 heavy (non-hydrogen) atoms. The summed E-state index contributed by atoms with van der Waals surface area (Å²) in [5.41, 5.74) is 0.770. The van der Waals surface area contributed by atoms with Gasteiger partial charge in [0.1, 0.15) is 22.9 Å². The van der Waals surface area contributed by atoms with Gasteiger partial charge in [-0.2, -0.15) is 10.4 Å². The van der Waals surface area contributed by atoms with Gasteiger partial charge >= 0.3 is 5.97 Å². The normalized spacial score (nSPS) is 10.4. The number of fused-ring (bicyclic) bond motifs is 1. The van der Waals surface area contributed by atoms with Crippen LogP contribution in [0, 0.1) is 11.3 Å². The number of para-hydroxylation sites is 1. The van der Waals surface area contributed by atoms with E-state index in [1.54, 1.807) is 48.5 Å². The molecule has 0 aliphatic carbocycles. The molecule has 8 heteroatoms. The van der Waals surface area contributed by atoms with Gasteiger partial charge in [0.05, 0.1) is 11.9 Å². The van der Waals surface area contributed by atoms with Crippen molar-refractivity contribution in [1.82, 2.24) is 9.78 Å². The molecule has 0 saturated carbocycles. The lowest BCUT2D eigenvalue weighted by atomic mass is 10.1. The molecule has 152 valence electrons. The summed E-state index contributed by atoms with van der Waals surface area (Å²) in [6.07, 6.45) is 1.34. The lowest BCUT2D eigenvalue weighted by Crippen LogP contribution is -2.23. The number of aromatic hydroxyl groups is 1. The van der Waals surface area contributed by atoms with Gasteiger partial charge in [-0.1, -0.05) is 48.5 Å². The number of ether oxygens (including phenoxy) is 1. The third-order valence-electron chi connectivity index (χ3n) is 4.60. The number of esters is 1. The first-order valence-electron chi connectivity index (χ1n) is 9.29. The molecule has 0 radical (unpaired) electrons. The molecule has 3 aromatic carbocycles. The van der Waals surface area contributed by atoms with E-state index in [1.165, 1.54) is 16.9 Å². The quantitative estimate of drug-likeness (QED) is 0.485. The molecule has 4 rings (SSSR count). The largest absolute Gasteiger partial charge is 0.506 e. The van der Waals surface area contributed by atoms with E-state index in [-0.39, 0.29) is 22.7 Å². The number of aromatic nitrogens is 2. The number of benzene rings is 3. The van der Waals surface area contributed by atoms with Gasteiger partial charge in [-0.05, 0) is 23.6 Å². The highest BCUT2D eigenvalue weighted by Crippen LogP contribution is 2.29. The Hall–Kier alpha value is -4.64. The van der Waals surface area contributed by atoms with Gasteiger partial charge in [-0.15, -0.1) is 0 Å². The third kappa shape index (κ3) is 3.93. The van der Waals surface area contributed by atoms with Crippen LogP contribution in [-0.2, 0) is 9.53 Å². The Kier molecular flexibility index (Phi) is 5.32. The molecule has 0 atom stereocenters. The predicted molar refractivity (Wildman–Crippen MR) is 113 cm³/mol. The molecular weight excluding hydrogens is 396 g/mol. The summed E-state index contributed by atoms with van der Waals surface area (Å²) < 4.78 is 6.47. The number of phenols is 1. The van der Waals surface area contributed by atoms with Gasteiger partial charge in [0.2, 0.25) is 0 Å². The van der Waals surface area contributed by atoms with E-state index in [0.717, 1.165) is 5.39 Å². The third-order valence-corrected chi connectivity index (χ3v) is 4.60. The fourth-order valence-electron chi connectivity index (χ4n) is 3.11. The maximum atomic E-state index is 12.4. The highest BCUT2D eigenvalue weighted by Gasteiger charge is 2.19. The zero-order chi connectivity index (χ0) is 21.8. The van der Waals surface area contributed by atoms with Crippen molar-refractivity contribution in [2.75, 3.05) is 11.9 Å². The van der Waals surface area contributed by atoms with Crippen molar-refractivity contribution in [2.45, 2.75) is 0 Å². The Bertz CT molecular complexity index is 1320. The highest BCUT2D eigenvalue weighted by atomic mass is 16.5. The number of carbonyl (C=O) groups is 2. The van der Waals surface area contributed by atoms with Crippen LogP contribution in [-0.4, -0.2) is 33.4 Å². The summed E-state index contributed by atoms with van der Waals surface area (Å²) in [4.78, 5) is 24.8. The number of nitrogens with zero attached hydrogens (tertiary/aromatic N) is 3. The summed E-state index contributed by atoms with van der Waals surface area (Å²) in [5.74, 6) is -1.53. The second-order valence-corrected chi connectivity index (χ2v) is 6.57. The van der Waals surface area contributed by atoms with Gasteiger partial charge in [-0.3, -0.25) is 4.79 Å². The fraction of sp³-hybridized carbons (Fsp3) is 0.0435. The standard InChI is InChI=1S/C23H16N4O4/c24-12-16-13-25-27(17-7-2-1-3-8-17)22(16)26-20(28)14-31-23(30)19-11-10-15-6-4-5-9-18(15)21(19)29/h1-11,13,29H,14H2,(H,26,28). The first-order chi connectivity index (χ1) is 15.1. The average Bonchev–Trinajstić information content (AvgIpc) is 3.21. The molecule has 0 unspecified atom stereocenters. The molecule has 0 saturated heterocycles. The van der Waals surface area contributed by atoms with E-state index in [1.807, 2.05) is 18.2 Å². The lowest BCUT2D eigenvalue weighted by Gasteiger charge is -2.11. The van der Waals surface area contributed by atoms with Gasteiger partial charge < -0.3 is 15.2 Å². The van der Waals surface area contributed by atoms with Crippen molar-refractivity contribution in [1.29, 1.82) is 5.26 Å². The number of hydrogen-bond donors (Lipinski definition) is 2. The van der Waals surface area contributed by atoms with Crippen molar-refractivity contribution >= 4 is 28.5 Å². The number of phenolic OH excluding ortho intramolecular Hbond substituents is 1. The molecule has 0 aliphatic rings. The van der Waals surface area contributed by atoms with Gasteiger partial charge in [0, 0.05) is 5.39 Å². The van der Waals surface area contributed by atoms with Gasteiger partial charge in [0.25, 0.3) is 5.91 Å². The molecule has 0 bridgehead atoms. The Morgan fingerprint density at radius 1 is 1.06 bits per heavy atom. The van der Waals surface area contributed by atoms with Gasteiger partial charge in [-0.25, -0.2) is 9.48 Å². The Morgan fingerprint density at radius 2 is 1.81 bits per heavy atom. The maximum absolute atomic E-state index is 12.4. The van der Waals surface area contributed by atoms with Gasteiger partial charge in [0.15, 0.2) is 12.4 Å². The second-order valence-electron chi connectivity index (χ2n) is 6.57. The minimum atomic E-state index is -0.838.